The number of hydrogen-bond donors (Lipinski definition) is 0. The number of nitrogens with zero attached hydrogens (tertiary/aromatic N) is 3. The third kappa shape index (κ3) is 2.57. The third-order valence-corrected chi connectivity index (χ3v) is 5.67. The molecule has 1 aliphatic carbocycles. The average molecular weight is 345 g/mol. The Kier molecular flexibility index (Phi) is 3.62. The first-order valence-electron chi connectivity index (χ1n) is 9.30. The highest BCUT2D eigenvalue weighted by Crippen LogP contribution is 2.47. The van der Waals surface area contributed by atoms with Gasteiger partial charge in [-0.2, -0.15) is 0 Å². The smallest absolute Gasteiger partial charge is 0.105 e. The lowest BCUT2D eigenvalue weighted by atomic mass is 9.83. The minimum atomic E-state index is 0.0623. The number of aryl methyl sites for hydroxylation is 1. The van der Waals surface area contributed by atoms with Gasteiger partial charge in [-0.05, 0) is 31.0 Å². The molecule has 2 aromatic heterocycles. The summed E-state index contributed by atoms with van der Waals surface area (Å²) in [6.07, 6.45) is 3.02. The van der Waals surface area contributed by atoms with Gasteiger partial charge in [-0.1, -0.05) is 57.5 Å². The second kappa shape index (κ2) is 5.54. The predicted molar refractivity (Wildman–Crippen MR) is 107 cm³/mol. The van der Waals surface area contributed by atoms with Crippen LogP contribution in [0.3, 0.4) is 0 Å². The van der Waals surface area contributed by atoms with Crippen LogP contribution in [0.25, 0.3) is 22.6 Å². The number of fused-ring (bicyclic) bond motifs is 1. The fourth-order valence-corrected chi connectivity index (χ4v) is 4.53. The van der Waals surface area contributed by atoms with Crippen molar-refractivity contribution in [1.82, 2.24) is 14.5 Å². The average Bonchev–Trinajstić information content (AvgIpc) is 3.03. The van der Waals surface area contributed by atoms with Crippen LogP contribution in [0.15, 0.2) is 42.6 Å². The van der Waals surface area contributed by atoms with Crippen molar-refractivity contribution in [2.45, 2.75) is 51.9 Å². The first-order valence-corrected chi connectivity index (χ1v) is 9.30. The lowest BCUT2D eigenvalue weighted by Gasteiger charge is -2.21. The zero-order chi connectivity index (χ0) is 18.7. The Morgan fingerprint density at radius 1 is 0.846 bits per heavy atom. The molecular formula is C23H27N3. The Bertz CT molecular complexity index is 975. The SMILES string of the molecule is Cc1ccc(-c2ccc(-c3cnc4c(n3)C(C)(C)CC4(C)C)n2C)cc1. The van der Waals surface area contributed by atoms with E-state index in [4.69, 9.17) is 9.97 Å². The number of aromatic nitrogens is 3. The first-order chi connectivity index (χ1) is 12.2. The molecule has 3 aromatic rings. The van der Waals surface area contributed by atoms with Gasteiger partial charge in [0, 0.05) is 23.6 Å². The summed E-state index contributed by atoms with van der Waals surface area (Å²) in [5, 5.41) is 0. The van der Waals surface area contributed by atoms with Gasteiger partial charge in [-0.15, -0.1) is 0 Å². The van der Waals surface area contributed by atoms with Crippen molar-refractivity contribution < 1.29 is 0 Å². The number of benzene rings is 1. The fourth-order valence-electron chi connectivity index (χ4n) is 4.53. The topological polar surface area (TPSA) is 30.7 Å². The molecule has 134 valence electrons. The van der Waals surface area contributed by atoms with Gasteiger partial charge in [-0.25, -0.2) is 4.98 Å². The lowest BCUT2D eigenvalue weighted by molar-refractivity contribution is 0.396. The molecule has 26 heavy (non-hydrogen) atoms. The highest BCUT2D eigenvalue weighted by atomic mass is 15.0. The zero-order valence-corrected chi connectivity index (χ0v) is 16.6. The van der Waals surface area contributed by atoms with Crippen molar-refractivity contribution in [2.75, 3.05) is 0 Å². The Hall–Kier alpha value is -2.42. The van der Waals surface area contributed by atoms with E-state index in [1.807, 2.05) is 6.20 Å². The first kappa shape index (κ1) is 17.0. The van der Waals surface area contributed by atoms with Crippen molar-refractivity contribution in [3.05, 3.63) is 59.5 Å². The molecule has 0 spiro atoms. The fraction of sp³-hybridized carbons (Fsp3) is 0.391. The van der Waals surface area contributed by atoms with Gasteiger partial charge in [0.05, 0.1) is 23.3 Å². The summed E-state index contributed by atoms with van der Waals surface area (Å²) in [5.41, 5.74) is 8.21. The molecule has 3 heteroatoms. The molecule has 0 atom stereocenters. The van der Waals surface area contributed by atoms with Crippen LogP contribution < -0.4 is 0 Å². The van der Waals surface area contributed by atoms with Crippen LogP contribution in [-0.2, 0) is 17.9 Å². The van der Waals surface area contributed by atoms with E-state index in [-0.39, 0.29) is 10.8 Å². The molecule has 1 aromatic carbocycles. The summed E-state index contributed by atoms with van der Waals surface area (Å²) < 4.78 is 2.22. The summed E-state index contributed by atoms with van der Waals surface area (Å²) >= 11 is 0. The molecule has 3 nitrogen and oxygen atoms in total. The summed E-state index contributed by atoms with van der Waals surface area (Å²) in [6.45, 7) is 11.2. The van der Waals surface area contributed by atoms with Crippen LogP contribution in [0.4, 0.5) is 0 Å². The van der Waals surface area contributed by atoms with Crippen LogP contribution in [-0.4, -0.2) is 14.5 Å². The molecule has 0 saturated heterocycles. The predicted octanol–water partition coefficient (Wildman–Crippen LogP) is 5.42. The van der Waals surface area contributed by atoms with E-state index in [1.165, 1.54) is 16.8 Å². The second-order valence-corrected chi connectivity index (χ2v) is 8.93. The van der Waals surface area contributed by atoms with Crippen molar-refractivity contribution >= 4 is 0 Å². The minimum absolute atomic E-state index is 0.0623. The maximum absolute atomic E-state index is 5.07. The van der Waals surface area contributed by atoms with Crippen molar-refractivity contribution in [2.24, 2.45) is 7.05 Å². The molecule has 0 bridgehead atoms. The zero-order valence-electron chi connectivity index (χ0n) is 16.6. The molecule has 0 aliphatic heterocycles. The van der Waals surface area contributed by atoms with Gasteiger partial charge in [0.1, 0.15) is 5.69 Å². The highest BCUT2D eigenvalue weighted by molar-refractivity contribution is 5.68. The van der Waals surface area contributed by atoms with E-state index in [9.17, 15) is 0 Å². The summed E-state index contributed by atoms with van der Waals surface area (Å²) in [7, 11) is 2.11. The largest absolute Gasteiger partial charge is 0.342 e. The highest BCUT2D eigenvalue weighted by Gasteiger charge is 2.44. The summed E-state index contributed by atoms with van der Waals surface area (Å²) in [4.78, 5) is 9.91. The van der Waals surface area contributed by atoms with Crippen LogP contribution in [0.5, 0.6) is 0 Å². The molecule has 1 aliphatic rings. The Labute approximate surface area is 156 Å². The number of rotatable bonds is 2. The molecule has 4 rings (SSSR count). The van der Waals surface area contributed by atoms with Crippen molar-refractivity contribution in [1.29, 1.82) is 0 Å². The molecule has 0 saturated carbocycles. The maximum atomic E-state index is 5.07. The van der Waals surface area contributed by atoms with Crippen LogP contribution in [0.1, 0.15) is 51.1 Å². The van der Waals surface area contributed by atoms with Gasteiger partial charge in [0.25, 0.3) is 0 Å². The molecular weight excluding hydrogens is 318 g/mol. The molecule has 0 fully saturated rings. The van der Waals surface area contributed by atoms with Crippen molar-refractivity contribution in [3.8, 4) is 22.6 Å². The van der Waals surface area contributed by atoms with Gasteiger partial charge in [-0.3, -0.25) is 4.98 Å². The van der Waals surface area contributed by atoms with Crippen LogP contribution >= 0.6 is 0 Å². The molecule has 2 heterocycles. The van der Waals surface area contributed by atoms with E-state index in [1.54, 1.807) is 0 Å². The van der Waals surface area contributed by atoms with Gasteiger partial charge in [0.15, 0.2) is 0 Å². The second-order valence-electron chi connectivity index (χ2n) is 8.93. The number of hydrogen-bond acceptors (Lipinski definition) is 2. The molecule has 0 amide bonds. The quantitative estimate of drug-likeness (QED) is 0.621. The Morgan fingerprint density at radius 3 is 2.15 bits per heavy atom. The minimum Gasteiger partial charge on any atom is -0.342 e. The standard InChI is InChI=1S/C23H27N3/c1-15-7-9-16(10-8-15)18-11-12-19(26(18)6)17-13-24-20-21(25-17)23(4,5)14-22(20,2)3/h7-13H,14H2,1-6H3. The summed E-state index contributed by atoms with van der Waals surface area (Å²) in [6, 6.07) is 13.0. The summed E-state index contributed by atoms with van der Waals surface area (Å²) in [5.74, 6) is 0. The van der Waals surface area contributed by atoms with E-state index < -0.39 is 0 Å². The van der Waals surface area contributed by atoms with Crippen LogP contribution in [0.2, 0.25) is 0 Å². The van der Waals surface area contributed by atoms with Gasteiger partial charge < -0.3 is 4.57 Å². The maximum Gasteiger partial charge on any atom is 0.105 e. The van der Waals surface area contributed by atoms with E-state index in [2.05, 4.69) is 82.6 Å². The van der Waals surface area contributed by atoms with E-state index >= 15 is 0 Å². The normalized spacial score (nSPS) is 17.3. The van der Waals surface area contributed by atoms with Crippen LogP contribution in [0, 0.1) is 6.92 Å². The lowest BCUT2D eigenvalue weighted by Crippen LogP contribution is -2.18. The van der Waals surface area contributed by atoms with E-state index in [0.717, 1.165) is 29.2 Å². The Morgan fingerprint density at radius 2 is 1.46 bits per heavy atom. The molecule has 0 radical (unpaired) electrons. The van der Waals surface area contributed by atoms with Gasteiger partial charge in [0.2, 0.25) is 0 Å². The third-order valence-electron chi connectivity index (χ3n) is 5.67. The Balaban J connectivity index is 1.80. The van der Waals surface area contributed by atoms with Crippen molar-refractivity contribution in [3.63, 3.8) is 0 Å². The molecule has 0 unspecified atom stereocenters. The van der Waals surface area contributed by atoms with E-state index in [0.29, 0.717) is 0 Å². The molecule has 0 N–H and O–H groups in total. The van der Waals surface area contributed by atoms with Gasteiger partial charge >= 0.3 is 0 Å². The monoisotopic (exact) mass is 345 g/mol.